The molecule has 1 aromatic heterocycles. The van der Waals surface area contributed by atoms with Gasteiger partial charge in [0.05, 0.1) is 29.4 Å². The van der Waals surface area contributed by atoms with Crippen LogP contribution >= 0.6 is 11.6 Å². The number of anilines is 2. The summed E-state index contributed by atoms with van der Waals surface area (Å²) in [6, 6.07) is 7.91. The molecule has 1 aliphatic rings. The summed E-state index contributed by atoms with van der Waals surface area (Å²) >= 11 is 6.04. The fourth-order valence-corrected chi connectivity index (χ4v) is 3.49. The number of nitrogens with zero attached hydrogens (tertiary/aromatic N) is 3. The van der Waals surface area contributed by atoms with Gasteiger partial charge in [-0.2, -0.15) is 18.3 Å². The molecule has 3 rings (SSSR count). The molecule has 0 unspecified atom stereocenters. The van der Waals surface area contributed by atoms with Crippen molar-refractivity contribution in [2.75, 3.05) is 23.7 Å². The van der Waals surface area contributed by atoms with Gasteiger partial charge in [-0.25, -0.2) is 9.48 Å². The van der Waals surface area contributed by atoms with Gasteiger partial charge in [0, 0.05) is 25.6 Å². The smallest absolute Gasteiger partial charge is 0.343 e. The molecule has 3 amide bonds. The van der Waals surface area contributed by atoms with Gasteiger partial charge in [0.25, 0.3) is 0 Å². The van der Waals surface area contributed by atoms with Crippen molar-refractivity contribution >= 4 is 35.0 Å². The highest BCUT2D eigenvalue weighted by molar-refractivity contribution is 6.33. The van der Waals surface area contributed by atoms with Crippen LogP contribution in [0.2, 0.25) is 5.02 Å². The quantitative estimate of drug-likeness (QED) is 0.703. The second kappa shape index (κ2) is 9.38. The summed E-state index contributed by atoms with van der Waals surface area (Å²) in [7, 11) is 0. The molecule has 0 spiro atoms. The molecule has 30 heavy (non-hydrogen) atoms. The van der Waals surface area contributed by atoms with E-state index in [2.05, 4.69) is 15.7 Å². The van der Waals surface area contributed by atoms with Gasteiger partial charge in [-0.1, -0.05) is 23.7 Å². The minimum Gasteiger partial charge on any atom is -0.343 e. The molecule has 1 fully saturated rings. The number of hydrogen-bond acceptors (Lipinski definition) is 3. The third-order valence-corrected chi connectivity index (χ3v) is 5.15. The second-order valence-electron chi connectivity index (χ2n) is 6.95. The summed E-state index contributed by atoms with van der Waals surface area (Å²) in [6.07, 6.45) is -3.38. The van der Waals surface area contributed by atoms with E-state index < -0.39 is 31.0 Å². The van der Waals surface area contributed by atoms with Crippen molar-refractivity contribution in [1.82, 2.24) is 14.7 Å². The fourth-order valence-electron chi connectivity index (χ4n) is 3.30. The van der Waals surface area contributed by atoms with Gasteiger partial charge >= 0.3 is 12.2 Å². The van der Waals surface area contributed by atoms with E-state index in [0.717, 1.165) is 0 Å². The highest BCUT2D eigenvalue weighted by Crippen LogP contribution is 2.27. The van der Waals surface area contributed by atoms with Gasteiger partial charge in [-0.3, -0.25) is 10.1 Å². The van der Waals surface area contributed by atoms with Crippen molar-refractivity contribution in [2.24, 2.45) is 0 Å². The zero-order valence-corrected chi connectivity index (χ0v) is 16.7. The first-order valence-corrected chi connectivity index (χ1v) is 9.81. The number of rotatable bonds is 5. The fraction of sp³-hybridized carbons (Fsp3) is 0.421. The van der Waals surface area contributed by atoms with Crippen LogP contribution in [-0.2, 0) is 4.79 Å². The Morgan fingerprint density at radius 1 is 1.13 bits per heavy atom. The maximum atomic E-state index is 12.3. The van der Waals surface area contributed by atoms with E-state index in [1.54, 1.807) is 41.2 Å². The van der Waals surface area contributed by atoms with E-state index in [0.29, 0.717) is 42.5 Å². The Morgan fingerprint density at radius 3 is 2.50 bits per heavy atom. The zero-order valence-electron chi connectivity index (χ0n) is 16.0. The minimum atomic E-state index is -4.34. The molecule has 0 bridgehead atoms. The highest BCUT2D eigenvalue weighted by atomic mass is 35.5. The lowest BCUT2D eigenvalue weighted by atomic mass is 10.0. The molecule has 0 radical (unpaired) electrons. The van der Waals surface area contributed by atoms with E-state index in [1.165, 1.54) is 4.90 Å². The predicted molar refractivity (Wildman–Crippen MR) is 106 cm³/mol. The Kier molecular flexibility index (Phi) is 6.86. The number of likely N-dealkylation sites (tertiary alicyclic amines) is 1. The molecule has 1 aliphatic heterocycles. The lowest BCUT2D eigenvalue weighted by Gasteiger charge is -2.33. The number of urea groups is 1. The van der Waals surface area contributed by atoms with Gasteiger partial charge in [-0.05, 0) is 25.0 Å². The lowest BCUT2D eigenvalue weighted by molar-refractivity contribution is -0.149. The first-order chi connectivity index (χ1) is 14.2. The number of aromatic nitrogens is 2. The summed E-state index contributed by atoms with van der Waals surface area (Å²) < 4.78 is 38.6. The average molecular weight is 444 g/mol. The molecular weight excluding hydrogens is 423 g/mol. The molecule has 7 nitrogen and oxygen atoms in total. The van der Waals surface area contributed by atoms with E-state index >= 15 is 0 Å². The van der Waals surface area contributed by atoms with Crippen LogP contribution in [0, 0.1) is 0 Å². The number of hydrogen-bond donors (Lipinski definition) is 2. The Hall–Kier alpha value is -2.75. The number of nitrogens with one attached hydrogen (secondary N) is 2. The molecule has 162 valence electrons. The van der Waals surface area contributed by atoms with E-state index in [-0.39, 0.29) is 6.04 Å². The van der Waals surface area contributed by atoms with Crippen molar-refractivity contribution in [3.8, 4) is 0 Å². The number of benzene rings is 1. The van der Waals surface area contributed by atoms with Gasteiger partial charge in [0.1, 0.15) is 5.82 Å². The van der Waals surface area contributed by atoms with Crippen LogP contribution in [0.1, 0.15) is 31.7 Å². The van der Waals surface area contributed by atoms with Crippen molar-refractivity contribution in [3.05, 3.63) is 41.6 Å². The van der Waals surface area contributed by atoms with Crippen molar-refractivity contribution < 1.29 is 22.8 Å². The number of piperidine rings is 1. The second-order valence-corrected chi connectivity index (χ2v) is 7.35. The van der Waals surface area contributed by atoms with E-state index in [9.17, 15) is 22.8 Å². The Bertz CT molecular complexity index is 894. The molecule has 1 saturated heterocycles. The van der Waals surface area contributed by atoms with E-state index in [1.807, 2.05) is 0 Å². The highest BCUT2D eigenvalue weighted by Gasteiger charge is 2.31. The Labute approximate surface area is 176 Å². The van der Waals surface area contributed by atoms with Crippen molar-refractivity contribution in [3.63, 3.8) is 0 Å². The van der Waals surface area contributed by atoms with Crippen LogP contribution in [-0.4, -0.2) is 45.9 Å². The van der Waals surface area contributed by atoms with Crippen LogP contribution in [0.3, 0.4) is 0 Å². The molecule has 0 saturated carbocycles. The van der Waals surface area contributed by atoms with Crippen molar-refractivity contribution in [2.45, 2.75) is 37.9 Å². The summed E-state index contributed by atoms with van der Waals surface area (Å²) in [5.41, 5.74) is 0.466. The van der Waals surface area contributed by atoms with Gasteiger partial charge in [0.2, 0.25) is 5.91 Å². The van der Waals surface area contributed by atoms with Crippen LogP contribution in [0.15, 0.2) is 36.5 Å². The van der Waals surface area contributed by atoms with Crippen LogP contribution in [0.5, 0.6) is 0 Å². The normalized spacial score (nSPS) is 15.1. The number of para-hydroxylation sites is 1. The Morgan fingerprint density at radius 2 is 1.83 bits per heavy atom. The average Bonchev–Trinajstić information content (AvgIpc) is 3.15. The van der Waals surface area contributed by atoms with Crippen LogP contribution in [0.25, 0.3) is 0 Å². The monoisotopic (exact) mass is 443 g/mol. The zero-order chi connectivity index (χ0) is 21.7. The maximum absolute atomic E-state index is 12.3. The molecule has 0 atom stereocenters. The topological polar surface area (TPSA) is 79.3 Å². The SMILES string of the molecule is O=C(Nc1ccccc1Cl)Nc1ccnn1C1CCN(C(=O)CCC(F)(F)F)CC1. The lowest BCUT2D eigenvalue weighted by Crippen LogP contribution is -2.39. The van der Waals surface area contributed by atoms with Crippen molar-refractivity contribution in [1.29, 1.82) is 0 Å². The predicted octanol–water partition coefficient (Wildman–Crippen LogP) is 4.69. The molecular formula is C19H21ClF3N5O2. The number of carbonyl (C=O) groups excluding carboxylic acids is 2. The third-order valence-electron chi connectivity index (χ3n) is 4.82. The first-order valence-electron chi connectivity index (χ1n) is 9.43. The third kappa shape index (κ3) is 5.88. The van der Waals surface area contributed by atoms with Gasteiger partial charge in [-0.15, -0.1) is 0 Å². The molecule has 2 heterocycles. The van der Waals surface area contributed by atoms with Gasteiger partial charge < -0.3 is 10.2 Å². The molecule has 1 aromatic carbocycles. The molecule has 11 heteroatoms. The summed E-state index contributed by atoms with van der Waals surface area (Å²) in [4.78, 5) is 25.7. The van der Waals surface area contributed by atoms with Crippen LogP contribution in [0.4, 0.5) is 29.5 Å². The summed E-state index contributed by atoms with van der Waals surface area (Å²) in [6.45, 7) is 0.680. The molecule has 0 aliphatic carbocycles. The molecule has 2 N–H and O–H groups in total. The Balaban J connectivity index is 1.54. The number of halogens is 4. The number of carbonyl (C=O) groups is 2. The van der Waals surface area contributed by atoms with Crippen LogP contribution < -0.4 is 10.6 Å². The standard InChI is InChI=1S/C19H21ClF3N5O2/c20-14-3-1-2-4-15(14)25-18(30)26-16-6-10-24-28(16)13-7-11-27(12-8-13)17(29)5-9-19(21,22)23/h1-4,6,10,13H,5,7-9,11-12H2,(H2,25,26,30). The molecule has 2 aromatic rings. The summed E-state index contributed by atoms with van der Waals surface area (Å²) in [5.74, 6) is -0.0230. The van der Waals surface area contributed by atoms with Gasteiger partial charge in [0.15, 0.2) is 0 Å². The minimum absolute atomic E-state index is 0.0812. The largest absolute Gasteiger partial charge is 0.389 e. The number of alkyl halides is 3. The summed E-state index contributed by atoms with van der Waals surface area (Å²) in [5, 5.41) is 10.0. The first kappa shape index (κ1) is 21.9. The maximum Gasteiger partial charge on any atom is 0.389 e. The number of amides is 3. The van der Waals surface area contributed by atoms with E-state index in [4.69, 9.17) is 11.6 Å².